The van der Waals surface area contributed by atoms with Gasteiger partial charge >= 0.3 is 0 Å². The summed E-state index contributed by atoms with van der Waals surface area (Å²) in [6, 6.07) is 0.0812. The predicted octanol–water partition coefficient (Wildman–Crippen LogP) is 3.19. The molecule has 6 nitrogen and oxygen atoms in total. The van der Waals surface area contributed by atoms with Gasteiger partial charge in [0.05, 0.1) is 0 Å². The highest BCUT2D eigenvalue weighted by atomic mass is 16.2. The van der Waals surface area contributed by atoms with Crippen LogP contribution in [0, 0.1) is 0 Å². The average Bonchev–Trinajstić information content (AvgIpc) is 2.68. The lowest BCUT2D eigenvalue weighted by Crippen LogP contribution is -2.36. The molecule has 1 atom stereocenters. The van der Waals surface area contributed by atoms with Crippen LogP contribution in [-0.4, -0.2) is 29.5 Å². The first-order chi connectivity index (χ1) is 13.0. The first-order valence-corrected chi connectivity index (χ1v) is 9.98. The van der Waals surface area contributed by atoms with Crippen LogP contribution in [0.1, 0.15) is 86.1 Å². The zero-order valence-electron chi connectivity index (χ0n) is 16.6. The number of rotatable bonds is 8. The molecule has 2 amide bonds. The molecule has 0 bridgehead atoms. The second kappa shape index (κ2) is 10.1. The van der Waals surface area contributed by atoms with Crippen LogP contribution in [-0.2, 0) is 0 Å². The van der Waals surface area contributed by atoms with Gasteiger partial charge in [0.15, 0.2) is 0 Å². The third-order valence-corrected chi connectivity index (χ3v) is 5.09. The third kappa shape index (κ3) is 5.55. The summed E-state index contributed by atoms with van der Waals surface area (Å²) in [6.07, 6.45) is 11.6. The highest BCUT2D eigenvalue weighted by Gasteiger charge is 2.20. The second-order valence-electron chi connectivity index (χ2n) is 7.09. The van der Waals surface area contributed by atoms with Crippen LogP contribution in [0.25, 0.3) is 0 Å². The number of aromatic nitrogens is 1. The van der Waals surface area contributed by atoms with Gasteiger partial charge in [-0.15, -0.1) is 0 Å². The van der Waals surface area contributed by atoms with Crippen LogP contribution >= 0.6 is 0 Å². The van der Waals surface area contributed by atoms with Crippen molar-refractivity contribution < 1.29 is 9.59 Å². The number of amides is 2. The van der Waals surface area contributed by atoms with Crippen LogP contribution in [0.5, 0.6) is 0 Å². The average molecular weight is 373 g/mol. The minimum absolute atomic E-state index is 0.0137. The Labute approximate surface area is 161 Å². The molecule has 1 heterocycles. The van der Waals surface area contributed by atoms with Crippen LogP contribution in [0.15, 0.2) is 28.8 Å². The van der Waals surface area contributed by atoms with Crippen LogP contribution in [0.4, 0.5) is 0 Å². The Morgan fingerprint density at radius 1 is 1.11 bits per heavy atom. The molecular weight excluding hydrogens is 342 g/mol. The van der Waals surface area contributed by atoms with E-state index in [9.17, 15) is 14.4 Å². The van der Waals surface area contributed by atoms with Crippen LogP contribution in [0.3, 0.4) is 0 Å². The molecule has 1 aliphatic rings. The Hall–Kier alpha value is -2.37. The maximum Gasteiger partial charge on any atom is 0.256 e. The van der Waals surface area contributed by atoms with E-state index in [1.165, 1.54) is 18.4 Å². The topological polar surface area (TPSA) is 80.2 Å². The van der Waals surface area contributed by atoms with Gasteiger partial charge in [-0.25, -0.2) is 0 Å². The molecule has 6 heteroatoms. The number of hydrogen-bond acceptors (Lipinski definition) is 3. The molecule has 2 N–H and O–H groups in total. The molecule has 2 rings (SSSR count). The van der Waals surface area contributed by atoms with Crippen molar-refractivity contribution in [3.8, 4) is 0 Å². The molecular formula is C21H31N3O3. The lowest BCUT2D eigenvalue weighted by atomic mass is 9.97. The van der Waals surface area contributed by atoms with Crippen LogP contribution in [0.2, 0.25) is 0 Å². The van der Waals surface area contributed by atoms with E-state index in [1.807, 2.05) is 13.8 Å². The molecule has 1 unspecified atom stereocenters. The Kier molecular flexibility index (Phi) is 7.82. The van der Waals surface area contributed by atoms with E-state index in [4.69, 9.17) is 0 Å². The fourth-order valence-electron chi connectivity index (χ4n) is 3.21. The van der Waals surface area contributed by atoms with Gasteiger partial charge in [-0.3, -0.25) is 14.4 Å². The summed E-state index contributed by atoms with van der Waals surface area (Å²) in [6.45, 7) is 6.73. The molecule has 1 aromatic rings. The van der Waals surface area contributed by atoms with E-state index in [-0.39, 0.29) is 17.2 Å². The van der Waals surface area contributed by atoms with Gasteiger partial charge in [-0.1, -0.05) is 18.6 Å². The monoisotopic (exact) mass is 373 g/mol. The van der Waals surface area contributed by atoms with E-state index < -0.39 is 17.2 Å². The number of carbonyl (C=O) groups is 2. The predicted molar refractivity (Wildman–Crippen MR) is 107 cm³/mol. The minimum atomic E-state index is -0.519. The molecule has 0 radical (unpaired) electrons. The Morgan fingerprint density at radius 3 is 2.33 bits per heavy atom. The fraction of sp³-hybridized carbons (Fsp3) is 0.571. The summed E-state index contributed by atoms with van der Waals surface area (Å²) in [5.74, 6) is -0.860. The van der Waals surface area contributed by atoms with Crippen molar-refractivity contribution in [3.63, 3.8) is 0 Å². The van der Waals surface area contributed by atoms with Crippen molar-refractivity contribution >= 4 is 11.8 Å². The smallest absolute Gasteiger partial charge is 0.256 e. The molecule has 1 aliphatic carbocycles. The van der Waals surface area contributed by atoms with Gasteiger partial charge in [0.2, 0.25) is 5.43 Å². The largest absolute Gasteiger partial charge is 0.352 e. The van der Waals surface area contributed by atoms with Gasteiger partial charge in [0.1, 0.15) is 11.1 Å². The van der Waals surface area contributed by atoms with Gasteiger partial charge in [0, 0.05) is 31.5 Å². The molecule has 0 saturated heterocycles. The van der Waals surface area contributed by atoms with Crippen molar-refractivity contribution in [3.05, 3.63) is 45.4 Å². The third-order valence-electron chi connectivity index (χ3n) is 5.09. The molecule has 27 heavy (non-hydrogen) atoms. The standard InChI is InChI=1S/C21H31N3O3/c1-4-15(3)24-13-17(20(26)22-5-2)19(25)18(14-24)21(27)23-12-11-16-9-7-6-8-10-16/h9,13-15H,4-8,10-12H2,1-3H3,(H,22,26)(H,23,27). The fourth-order valence-corrected chi connectivity index (χ4v) is 3.21. The quantitative estimate of drug-likeness (QED) is 0.687. The molecule has 0 saturated carbocycles. The van der Waals surface area contributed by atoms with Crippen molar-refractivity contribution in [2.24, 2.45) is 0 Å². The van der Waals surface area contributed by atoms with Crippen molar-refractivity contribution in [1.82, 2.24) is 15.2 Å². The van der Waals surface area contributed by atoms with Gasteiger partial charge in [-0.2, -0.15) is 0 Å². The van der Waals surface area contributed by atoms with E-state index >= 15 is 0 Å². The molecule has 0 spiro atoms. The highest BCUT2D eigenvalue weighted by Crippen LogP contribution is 2.19. The zero-order valence-corrected chi connectivity index (χ0v) is 16.6. The summed E-state index contributed by atoms with van der Waals surface area (Å²) in [5, 5.41) is 5.49. The second-order valence-corrected chi connectivity index (χ2v) is 7.09. The lowest BCUT2D eigenvalue weighted by molar-refractivity contribution is 0.0951. The molecule has 0 aromatic carbocycles. The number of hydrogen-bond donors (Lipinski definition) is 2. The van der Waals surface area contributed by atoms with E-state index in [0.717, 1.165) is 25.7 Å². The van der Waals surface area contributed by atoms with E-state index in [0.29, 0.717) is 13.1 Å². The van der Waals surface area contributed by atoms with Crippen molar-refractivity contribution in [2.75, 3.05) is 13.1 Å². The number of nitrogens with zero attached hydrogens (tertiary/aromatic N) is 1. The Balaban J connectivity index is 2.20. The first-order valence-electron chi connectivity index (χ1n) is 9.98. The maximum absolute atomic E-state index is 12.7. The molecule has 1 aromatic heterocycles. The molecule has 0 fully saturated rings. The summed E-state index contributed by atoms with van der Waals surface area (Å²) in [7, 11) is 0. The highest BCUT2D eigenvalue weighted by molar-refractivity contribution is 5.99. The number of allylic oxidation sites excluding steroid dienone is 1. The SMILES string of the molecule is CCNC(=O)c1cn(C(C)CC)cc(C(=O)NCCC2=CCCCC2)c1=O. The number of carbonyl (C=O) groups excluding carboxylic acids is 2. The first kappa shape index (κ1) is 20.9. The van der Waals surface area contributed by atoms with Crippen LogP contribution < -0.4 is 16.1 Å². The van der Waals surface area contributed by atoms with Crippen molar-refractivity contribution in [2.45, 2.75) is 65.3 Å². The van der Waals surface area contributed by atoms with Gasteiger partial charge in [-0.05, 0) is 52.4 Å². The maximum atomic E-state index is 12.7. The molecule has 0 aliphatic heterocycles. The summed E-state index contributed by atoms with van der Waals surface area (Å²) in [5.41, 5.74) is 0.890. The Morgan fingerprint density at radius 2 is 1.78 bits per heavy atom. The van der Waals surface area contributed by atoms with Gasteiger partial charge < -0.3 is 15.2 Å². The minimum Gasteiger partial charge on any atom is -0.352 e. The summed E-state index contributed by atoms with van der Waals surface area (Å²) < 4.78 is 1.78. The summed E-state index contributed by atoms with van der Waals surface area (Å²) >= 11 is 0. The normalized spacial score (nSPS) is 15.0. The zero-order chi connectivity index (χ0) is 19.8. The number of pyridine rings is 1. The Bertz CT molecular complexity index is 764. The summed E-state index contributed by atoms with van der Waals surface area (Å²) in [4.78, 5) is 37.6. The number of nitrogens with one attached hydrogen (secondary N) is 2. The van der Waals surface area contributed by atoms with Crippen molar-refractivity contribution in [1.29, 1.82) is 0 Å². The van der Waals surface area contributed by atoms with E-state index in [1.54, 1.807) is 23.9 Å². The molecule has 148 valence electrons. The van der Waals surface area contributed by atoms with E-state index in [2.05, 4.69) is 16.7 Å². The van der Waals surface area contributed by atoms with Gasteiger partial charge in [0.25, 0.3) is 11.8 Å². The lowest BCUT2D eigenvalue weighted by Gasteiger charge is -2.17.